The van der Waals surface area contributed by atoms with Gasteiger partial charge < -0.3 is 14.8 Å². The molecule has 0 aromatic heterocycles. The number of hydrogen-bond acceptors (Lipinski definition) is 6. The Morgan fingerprint density at radius 1 is 0.964 bits per heavy atom. The summed E-state index contributed by atoms with van der Waals surface area (Å²) in [4.78, 5) is 49.2. The van der Waals surface area contributed by atoms with Crippen LogP contribution < -0.4 is 10.1 Å². The molecule has 0 unspecified atom stereocenters. The topological polar surface area (TPSA) is 102 Å². The third-order valence-corrected chi connectivity index (χ3v) is 4.06. The van der Waals surface area contributed by atoms with E-state index in [2.05, 4.69) is 5.32 Å². The number of ether oxygens (including phenoxy) is 2. The van der Waals surface area contributed by atoms with Crippen LogP contribution in [0.25, 0.3) is 0 Å². The molecule has 0 radical (unpaired) electrons. The van der Waals surface area contributed by atoms with Crippen LogP contribution in [0.15, 0.2) is 54.6 Å². The number of carbonyl (C=O) groups is 4. The molecule has 0 fully saturated rings. The first kappa shape index (κ1) is 19.1. The van der Waals surface area contributed by atoms with E-state index in [-0.39, 0.29) is 17.7 Å². The van der Waals surface area contributed by atoms with Gasteiger partial charge in [0.2, 0.25) is 0 Å². The van der Waals surface area contributed by atoms with Gasteiger partial charge in [-0.25, -0.2) is 9.69 Å². The maximum absolute atomic E-state index is 12.2. The molecular formula is C20H18N2O6. The van der Waals surface area contributed by atoms with E-state index >= 15 is 0 Å². The minimum Gasteiger partial charge on any atom is -0.484 e. The number of imide groups is 1. The van der Waals surface area contributed by atoms with Crippen molar-refractivity contribution in [1.29, 1.82) is 0 Å². The van der Waals surface area contributed by atoms with Gasteiger partial charge in [-0.3, -0.25) is 14.4 Å². The van der Waals surface area contributed by atoms with Crippen molar-refractivity contribution in [3.63, 3.8) is 0 Å². The Balaban J connectivity index is 1.46. The molecule has 1 aliphatic rings. The summed E-state index contributed by atoms with van der Waals surface area (Å²) in [6.07, 6.45) is 0. The fraction of sp³-hybridized carbons (Fsp3) is 0.200. The van der Waals surface area contributed by atoms with Crippen molar-refractivity contribution in [2.45, 2.75) is 13.0 Å². The third-order valence-electron chi connectivity index (χ3n) is 4.06. The van der Waals surface area contributed by atoms with Crippen LogP contribution in [0.3, 0.4) is 0 Å². The van der Waals surface area contributed by atoms with Crippen molar-refractivity contribution in [3.05, 3.63) is 65.7 Å². The monoisotopic (exact) mass is 382 g/mol. The van der Waals surface area contributed by atoms with Gasteiger partial charge in [0, 0.05) is 0 Å². The predicted octanol–water partition coefficient (Wildman–Crippen LogP) is 1.37. The molecule has 0 aliphatic carbocycles. The molecule has 144 valence electrons. The smallest absolute Gasteiger partial charge is 0.330 e. The second kappa shape index (κ2) is 8.34. The highest BCUT2D eigenvalue weighted by atomic mass is 16.5. The molecule has 3 amide bonds. The van der Waals surface area contributed by atoms with Crippen LogP contribution in [0.5, 0.6) is 5.75 Å². The van der Waals surface area contributed by atoms with Gasteiger partial charge in [-0.15, -0.1) is 0 Å². The minimum absolute atomic E-state index is 0.264. The van der Waals surface area contributed by atoms with Crippen LogP contribution in [-0.4, -0.2) is 48.0 Å². The summed E-state index contributed by atoms with van der Waals surface area (Å²) in [6, 6.07) is 14.2. The number of carbonyl (C=O) groups excluding carboxylic acids is 4. The fourth-order valence-electron chi connectivity index (χ4n) is 2.62. The zero-order chi connectivity index (χ0) is 20.1. The largest absolute Gasteiger partial charge is 0.484 e. The summed E-state index contributed by atoms with van der Waals surface area (Å²) in [5.74, 6) is -1.81. The van der Waals surface area contributed by atoms with E-state index in [0.717, 1.165) is 4.90 Å². The van der Waals surface area contributed by atoms with Crippen molar-refractivity contribution in [2.24, 2.45) is 0 Å². The molecule has 8 heteroatoms. The first-order chi connectivity index (χ1) is 13.5. The van der Waals surface area contributed by atoms with E-state index in [4.69, 9.17) is 9.47 Å². The van der Waals surface area contributed by atoms with E-state index in [1.807, 2.05) is 6.07 Å². The van der Waals surface area contributed by atoms with Crippen LogP contribution in [0.1, 0.15) is 27.6 Å². The minimum atomic E-state index is -0.970. The summed E-state index contributed by atoms with van der Waals surface area (Å²) in [7, 11) is 0. The lowest BCUT2D eigenvalue weighted by Crippen LogP contribution is -2.43. The van der Waals surface area contributed by atoms with Gasteiger partial charge in [0.15, 0.2) is 13.3 Å². The molecular weight excluding hydrogens is 364 g/mol. The molecule has 8 nitrogen and oxygen atoms in total. The van der Waals surface area contributed by atoms with Gasteiger partial charge in [-0.1, -0.05) is 30.3 Å². The lowest BCUT2D eigenvalue weighted by molar-refractivity contribution is -0.150. The molecule has 1 aliphatic heterocycles. The number of para-hydroxylation sites is 1. The Morgan fingerprint density at radius 3 is 2.14 bits per heavy atom. The molecule has 0 saturated heterocycles. The molecule has 3 rings (SSSR count). The molecule has 0 spiro atoms. The first-order valence-electron chi connectivity index (χ1n) is 8.56. The van der Waals surface area contributed by atoms with Crippen molar-refractivity contribution < 1.29 is 28.7 Å². The zero-order valence-corrected chi connectivity index (χ0v) is 15.1. The maximum Gasteiger partial charge on any atom is 0.330 e. The molecule has 2 aromatic rings. The fourth-order valence-corrected chi connectivity index (χ4v) is 2.62. The number of amides is 3. The normalized spacial score (nSPS) is 13.7. The van der Waals surface area contributed by atoms with Gasteiger partial charge in [-0.05, 0) is 31.2 Å². The average Bonchev–Trinajstić information content (AvgIpc) is 2.96. The molecule has 28 heavy (non-hydrogen) atoms. The molecule has 1 atom stereocenters. The lowest BCUT2D eigenvalue weighted by Gasteiger charge is -2.17. The second-order valence-corrected chi connectivity index (χ2v) is 6.07. The Bertz CT molecular complexity index is 877. The second-order valence-electron chi connectivity index (χ2n) is 6.07. The number of hydrogen-bond donors (Lipinski definition) is 1. The average molecular weight is 382 g/mol. The zero-order valence-electron chi connectivity index (χ0n) is 15.1. The number of nitrogens with one attached hydrogen (secondary N) is 1. The van der Waals surface area contributed by atoms with Gasteiger partial charge in [0.05, 0.1) is 11.1 Å². The van der Waals surface area contributed by atoms with Crippen LogP contribution in [0.4, 0.5) is 0 Å². The van der Waals surface area contributed by atoms with Crippen LogP contribution in [0.2, 0.25) is 0 Å². The van der Waals surface area contributed by atoms with Gasteiger partial charge >= 0.3 is 5.97 Å². The van der Waals surface area contributed by atoms with Crippen LogP contribution in [0, 0.1) is 0 Å². The highest BCUT2D eigenvalue weighted by Gasteiger charge is 2.36. The van der Waals surface area contributed by atoms with Crippen LogP contribution >= 0.6 is 0 Å². The summed E-state index contributed by atoms with van der Waals surface area (Å²) < 4.78 is 10.3. The molecule has 2 aromatic carbocycles. The van der Waals surface area contributed by atoms with Crippen molar-refractivity contribution in [3.8, 4) is 5.75 Å². The summed E-state index contributed by atoms with van der Waals surface area (Å²) >= 11 is 0. The number of rotatable bonds is 7. The number of esters is 1. The summed E-state index contributed by atoms with van der Waals surface area (Å²) in [5.41, 5.74) is 0.533. The number of fused-ring (bicyclic) bond motifs is 1. The Labute approximate surface area is 161 Å². The Hall–Kier alpha value is -3.68. The summed E-state index contributed by atoms with van der Waals surface area (Å²) in [6.45, 7) is 0.650. The van der Waals surface area contributed by atoms with E-state index in [0.29, 0.717) is 5.75 Å². The summed E-state index contributed by atoms with van der Waals surface area (Å²) in [5, 5.41) is 2.44. The quantitative estimate of drug-likeness (QED) is 0.573. The van der Waals surface area contributed by atoms with Crippen molar-refractivity contribution in [1.82, 2.24) is 10.2 Å². The van der Waals surface area contributed by atoms with Crippen molar-refractivity contribution >= 4 is 23.7 Å². The predicted molar refractivity (Wildman–Crippen MR) is 97.4 cm³/mol. The molecule has 0 bridgehead atoms. The SMILES string of the molecule is C[C@@H](NC(=O)COc1ccccc1)C(=O)OCN1C(=O)c2ccccc2C1=O. The highest BCUT2D eigenvalue weighted by molar-refractivity contribution is 6.21. The van der Waals surface area contributed by atoms with E-state index in [1.54, 1.807) is 36.4 Å². The Kier molecular flexibility index (Phi) is 5.69. The maximum atomic E-state index is 12.2. The third kappa shape index (κ3) is 4.17. The molecule has 1 heterocycles. The number of nitrogens with zero attached hydrogens (tertiary/aromatic N) is 1. The standard InChI is InChI=1S/C20H18N2O6/c1-13(21-17(23)11-27-14-7-3-2-4-8-14)20(26)28-12-22-18(24)15-9-5-6-10-16(15)19(22)25/h2-10,13H,11-12H2,1H3,(H,21,23)/t13-/m1/s1. The van der Waals surface area contributed by atoms with Gasteiger partial charge in [0.1, 0.15) is 11.8 Å². The first-order valence-corrected chi connectivity index (χ1v) is 8.56. The van der Waals surface area contributed by atoms with E-state index < -0.39 is 36.5 Å². The molecule has 0 saturated carbocycles. The van der Waals surface area contributed by atoms with Gasteiger partial charge in [0.25, 0.3) is 17.7 Å². The van der Waals surface area contributed by atoms with Crippen LogP contribution in [-0.2, 0) is 14.3 Å². The Morgan fingerprint density at radius 2 is 1.54 bits per heavy atom. The van der Waals surface area contributed by atoms with Gasteiger partial charge in [-0.2, -0.15) is 0 Å². The molecule has 1 N–H and O–H groups in total. The lowest BCUT2D eigenvalue weighted by atomic mass is 10.1. The highest BCUT2D eigenvalue weighted by Crippen LogP contribution is 2.22. The van der Waals surface area contributed by atoms with E-state index in [1.165, 1.54) is 19.1 Å². The van der Waals surface area contributed by atoms with Crippen molar-refractivity contribution in [2.75, 3.05) is 13.3 Å². The number of benzene rings is 2. The van der Waals surface area contributed by atoms with E-state index in [9.17, 15) is 19.2 Å².